The lowest BCUT2D eigenvalue weighted by atomic mass is 10.2. The number of hydrogen-bond donors (Lipinski definition) is 2. The molecule has 0 radical (unpaired) electrons. The molecule has 5 nitrogen and oxygen atoms in total. The monoisotopic (exact) mass is 329 g/mol. The van der Waals surface area contributed by atoms with Crippen LogP contribution in [0.5, 0.6) is 0 Å². The maximum atomic E-state index is 12.1. The van der Waals surface area contributed by atoms with E-state index in [9.17, 15) is 14.7 Å². The first kappa shape index (κ1) is 16.1. The first-order valence-corrected chi connectivity index (χ1v) is 8.03. The third-order valence-electron chi connectivity index (χ3n) is 3.27. The van der Waals surface area contributed by atoms with Crippen molar-refractivity contribution in [2.75, 3.05) is 12.3 Å². The number of carboxylic acid groups (broad SMARTS) is 1. The Labute approximate surface area is 131 Å². The lowest BCUT2D eigenvalue weighted by Gasteiger charge is -2.20. The van der Waals surface area contributed by atoms with E-state index in [2.05, 4.69) is 0 Å². The topological polar surface area (TPSA) is 77.8 Å². The fourth-order valence-electron chi connectivity index (χ4n) is 2.29. The summed E-state index contributed by atoms with van der Waals surface area (Å²) in [6.07, 6.45) is -0.659. The maximum absolute atomic E-state index is 12.1. The number of aliphatic hydroxyl groups is 1. The second-order valence-corrected chi connectivity index (χ2v) is 6.33. The standard InChI is InChI=1S/C14H16ClNO4S/c15-10-3-1-2-9(4-10)7-21-8-13(18)16-6-11(17)5-12(16)14(19)20/h1-4,11-12,17H,5-8H2,(H,19,20)/t11-,12+/m1/s1. The van der Waals surface area contributed by atoms with Gasteiger partial charge < -0.3 is 15.1 Å². The summed E-state index contributed by atoms with van der Waals surface area (Å²) < 4.78 is 0. The summed E-state index contributed by atoms with van der Waals surface area (Å²) >= 11 is 7.28. The summed E-state index contributed by atoms with van der Waals surface area (Å²) in [4.78, 5) is 24.4. The largest absolute Gasteiger partial charge is 0.480 e. The molecule has 2 rings (SSSR count). The Balaban J connectivity index is 1.85. The molecule has 0 unspecified atom stereocenters. The minimum Gasteiger partial charge on any atom is -0.480 e. The van der Waals surface area contributed by atoms with Crippen LogP contribution in [0.3, 0.4) is 0 Å². The second-order valence-electron chi connectivity index (χ2n) is 4.91. The number of aliphatic carboxylic acids is 1. The van der Waals surface area contributed by atoms with Gasteiger partial charge in [0.05, 0.1) is 11.9 Å². The number of thioether (sulfide) groups is 1. The summed E-state index contributed by atoms with van der Waals surface area (Å²) in [6.45, 7) is 0.0908. The predicted octanol–water partition coefficient (Wildman–Crippen LogP) is 1.62. The molecular weight excluding hydrogens is 314 g/mol. The number of carbonyl (C=O) groups is 2. The van der Waals surface area contributed by atoms with Gasteiger partial charge in [0.15, 0.2) is 0 Å². The van der Waals surface area contributed by atoms with Gasteiger partial charge in [-0.25, -0.2) is 4.79 Å². The Hall–Kier alpha value is -1.24. The van der Waals surface area contributed by atoms with Gasteiger partial charge >= 0.3 is 5.97 Å². The Kier molecular flexibility index (Phi) is 5.50. The molecule has 2 atom stereocenters. The van der Waals surface area contributed by atoms with E-state index >= 15 is 0 Å². The van der Waals surface area contributed by atoms with Crippen molar-refractivity contribution < 1.29 is 19.8 Å². The van der Waals surface area contributed by atoms with E-state index in [0.717, 1.165) is 5.56 Å². The van der Waals surface area contributed by atoms with E-state index in [1.807, 2.05) is 18.2 Å². The van der Waals surface area contributed by atoms with Gasteiger partial charge in [-0.05, 0) is 17.7 Å². The molecule has 0 spiro atoms. The molecule has 1 aliphatic heterocycles. The first-order valence-electron chi connectivity index (χ1n) is 6.50. The van der Waals surface area contributed by atoms with Crippen molar-refractivity contribution >= 4 is 35.2 Å². The van der Waals surface area contributed by atoms with Crippen LogP contribution in [0, 0.1) is 0 Å². The van der Waals surface area contributed by atoms with Crippen LogP contribution in [0.25, 0.3) is 0 Å². The number of carbonyl (C=O) groups excluding carboxylic acids is 1. The van der Waals surface area contributed by atoms with Gasteiger partial charge in [0.2, 0.25) is 5.91 Å². The molecule has 1 heterocycles. The molecule has 0 bridgehead atoms. The number of β-amino-alcohol motifs (C(OH)–C–C–N with tert-alkyl or cyclic N) is 1. The van der Waals surface area contributed by atoms with E-state index < -0.39 is 18.1 Å². The highest BCUT2D eigenvalue weighted by Crippen LogP contribution is 2.21. The number of halogens is 1. The molecule has 0 aliphatic carbocycles. The smallest absolute Gasteiger partial charge is 0.326 e. The lowest BCUT2D eigenvalue weighted by molar-refractivity contribution is -0.147. The molecule has 0 aromatic heterocycles. The SMILES string of the molecule is O=C(O)[C@@H]1C[C@@H](O)CN1C(=O)CSCc1cccc(Cl)c1. The number of hydrogen-bond acceptors (Lipinski definition) is 4. The van der Waals surface area contributed by atoms with Crippen molar-refractivity contribution in [3.8, 4) is 0 Å². The zero-order valence-electron chi connectivity index (χ0n) is 11.2. The number of amides is 1. The average molecular weight is 330 g/mol. The third-order valence-corrected chi connectivity index (χ3v) is 4.49. The van der Waals surface area contributed by atoms with E-state index in [-0.39, 0.29) is 24.6 Å². The van der Waals surface area contributed by atoms with Crippen molar-refractivity contribution in [2.45, 2.75) is 24.3 Å². The van der Waals surface area contributed by atoms with Gasteiger partial charge in [-0.15, -0.1) is 11.8 Å². The van der Waals surface area contributed by atoms with Gasteiger partial charge in [0.1, 0.15) is 6.04 Å². The Morgan fingerprint density at radius 2 is 2.19 bits per heavy atom. The highest BCUT2D eigenvalue weighted by Gasteiger charge is 2.38. The summed E-state index contributed by atoms with van der Waals surface area (Å²) in [5, 5.41) is 19.2. The number of rotatable bonds is 5. The Morgan fingerprint density at radius 3 is 2.86 bits per heavy atom. The van der Waals surface area contributed by atoms with Crippen LogP contribution in [0.4, 0.5) is 0 Å². The van der Waals surface area contributed by atoms with Crippen LogP contribution in [0.1, 0.15) is 12.0 Å². The molecule has 0 saturated carbocycles. The molecule has 1 aromatic carbocycles. The summed E-state index contributed by atoms with van der Waals surface area (Å²) in [7, 11) is 0. The van der Waals surface area contributed by atoms with Crippen molar-refractivity contribution in [3.05, 3.63) is 34.9 Å². The second kappa shape index (κ2) is 7.15. The summed E-state index contributed by atoms with van der Waals surface area (Å²) in [6, 6.07) is 6.46. The molecule has 1 aromatic rings. The Morgan fingerprint density at radius 1 is 1.43 bits per heavy atom. The minimum absolute atomic E-state index is 0.0908. The number of carboxylic acids is 1. The molecule has 21 heavy (non-hydrogen) atoms. The minimum atomic E-state index is -1.07. The van der Waals surface area contributed by atoms with Crippen LogP contribution in [0.15, 0.2) is 24.3 Å². The fourth-order valence-corrected chi connectivity index (χ4v) is 3.36. The molecule has 1 amide bonds. The molecule has 2 N–H and O–H groups in total. The molecule has 1 fully saturated rings. The number of nitrogens with zero attached hydrogens (tertiary/aromatic N) is 1. The molecule has 114 valence electrons. The highest BCUT2D eigenvalue weighted by atomic mass is 35.5. The van der Waals surface area contributed by atoms with Crippen LogP contribution in [-0.2, 0) is 15.3 Å². The van der Waals surface area contributed by atoms with Gasteiger partial charge in [0, 0.05) is 23.7 Å². The van der Waals surface area contributed by atoms with Gasteiger partial charge in [0.25, 0.3) is 0 Å². The Bertz CT molecular complexity index is 539. The van der Waals surface area contributed by atoms with Crippen LogP contribution >= 0.6 is 23.4 Å². The zero-order chi connectivity index (χ0) is 15.4. The number of likely N-dealkylation sites (tertiary alicyclic amines) is 1. The van der Waals surface area contributed by atoms with Crippen LogP contribution in [0.2, 0.25) is 5.02 Å². The van der Waals surface area contributed by atoms with Crippen molar-refractivity contribution in [2.24, 2.45) is 0 Å². The summed E-state index contributed by atoms with van der Waals surface area (Å²) in [5.74, 6) is -0.519. The van der Waals surface area contributed by atoms with Crippen molar-refractivity contribution in [1.82, 2.24) is 4.90 Å². The molecule has 1 saturated heterocycles. The van der Waals surface area contributed by atoms with Crippen LogP contribution in [-0.4, -0.2) is 51.4 Å². The molecule has 1 aliphatic rings. The predicted molar refractivity (Wildman–Crippen MR) is 81.4 cm³/mol. The normalized spacial score (nSPS) is 21.5. The highest BCUT2D eigenvalue weighted by molar-refractivity contribution is 7.99. The lowest BCUT2D eigenvalue weighted by Crippen LogP contribution is -2.41. The van der Waals surface area contributed by atoms with Crippen molar-refractivity contribution in [3.63, 3.8) is 0 Å². The van der Waals surface area contributed by atoms with E-state index in [1.165, 1.54) is 16.7 Å². The molecular formula is C14H16ClNO4S. The van der Waals surface area contributed by atoms with Gasteiger partial charge in [-0.3, -0.25) is 4.79 Å². The van der Waals surface area contributed by atoms with E-state index in [4.69, 9.17) is 16.7 Å². The average Bonchev–Trinajstić information content (AvgIpc) is 2.81. The van der Waals surface area contributed by atoms with E-state index in [1.54, 1.807) is 6.07 Å². The van der Waals surface area contributed by atoms with E-state index in [0.29, 0.717) is 10.8 Å². The van der Waals surface area contributed by atoms with Crippen LogP contribution < -0.4 is 0 Å². The fraction of sp³-hybridized carbons (Fsp3) is 0.429. The third kappa shape index (κ3) is 4.36. The molecule has 7 heteroatoms. The van der Waals surface area contributed by atoms with Gasteiger partial charge in [-0.2, -0.15) is 0 Å². The first-order chi connectivity index (χ1) is 9.97. The van der Waals surface area contributed by atoms with Crippen molar-refractivity contribution in [1.29, 1.82) is 0 Å². The number of benzene rings is 1. The van der Waals surface area contributed by atoms with Gasteiger partial charge in [-0.1, -0.05) is 23.7 Å². The summed E-state index contributed by atoms with van der Waals surface area (Å²) in [5.41, 5.74) is 1.01. The quantitative estimate of drug-likeness (QED) is 0.858. The zero-order valence-corrected chi connectivity index (χ0v) is 12.8. The maximum Gasteiger partial charge on any atom is 0.326 e. The number of aliphatic hydroxyl groups excluding tert-OH is 1.